The number of aryl methyl sites for hydroxylation is 2. The largest absolute Gasteiger partial charge is 0.340 e. The molecule has 1 aromatic heterocycles. The molecule has 1 aromatic carbocycles. The Morgan fingerprint density at radius 3 is 2.67 bits per heavy atom. The standard InChI is InChI=1S/C14H12ClN3/c1-9-3-4-12(10(2)5-9)17-14-7-11(8-16)6-13(15)18-14/h3-7H,1-2H3,(H,17,18). The SMILES string of the molecule is Cc1ccc(Nc2cc(C#N)cc(Cl)n2)c(C)c1. The number of hydrogen-bond donors (Lipinski definition) is 1. The summed E-state index contributed by atoms with van der Waals surface area (Å²) in [5.74, 6) is 0.575. The van der Waals surface area contributed by atoms with Gasteiger partial charge >= 0.3 is 0 Å². The van der Waals surface area contributed by atoms with Gasteiger partial charge in [0.15, 0.2) is 0 Å². The molecule has 3 nitrogen and oxygen atoms in total. The van der Waals surface area contributed by atoms with Gasteiger partial charge in [-0.15, -0.1) is 0 Å². The van der Waals surface area contributed by atoms with Gasteiger partial charge < -0.3 is 5.32 Å². The van der Waals surface area contributed by atoms with Crippen LogP contribution in [0.3, 0.4) is 0 Å². The number of hydrogen-bond acceptors (Lipinski definition) is 3. The van der Waals surface area contributed by atoms with Crippen LogP contribution in [-0.4, -0.2) is 4.98 Å². The van der Waals surface area contributed by atoms with Gasteiger partial charge in [0.05, 0.1) is 11.6 Å². The topological polar surface area (TPSA) is 48.7 Å². The second kappa shape index (κ2) is 5.07. The fourth-order valence-electron chi connectivity index (χ4n) is 1.72. The number of halogens is 1. The highest BCUT2D eigenvalue weighted by Crippen LogP contribution is 2.22. The van der Waals surface area contributed by atoms with E-state index >= 15 is 0 Å². The monoisotopic (exact) mass is 257 g/mol. The van der Waals surface area contributed by atoms with Gasteiger partial charge in [-0.3, -0.25) is 0 Å². The fraction of sp³-hybridized carbons (Fsp3) is 0.143. The molecule has 4 heteroatoms. The van der Waals surface area contributed by atoms with Gasteiger partial charge in [0.25, 0.3) is 0 Å². The second-order valence-corrected chi connectivity index (χ2v) is 4.51. The zero-order valence-corrected chi connectivity index (χ0v) is 10.9. The Balaban J connectivity index is 2.34. The molecule has 90 valence electrons. The van der Waals surface area contributed by atoms with Gasteiger partial charge in [-0.2, -0.15) is 5.26 Å². The van der Waals surface area contributed by atoms with Crippen LogP contribution < -0.4 is 5.32 Å². The first kappa shape index (κ1) is 12.4. The van der Waals surface area contributed by atoms with E-state index in [0.717, 1.165) is 11.3 Å². The van der Waals surface area contributed by atoms with E-state index in [1.165, 1.54) is 11.6 Å². The first-order chi connectivity index (χ1) is 8.58. The molecular weight excluding hydrogens is 246 g/mol. The first-order valence-corrected chi connectivity index (χ1v) is 5.88. The van der Waals surface area contributed by atoms with Crippen LogP contribution in [0.1, 0.15) is 16.7 Å². The van der Waals surface area contributed by atoms with E-state index in [1.807, 2.05) is 26.0 Å². The van der Waals surface area contributed by atoms with Crippen molar-refractivity contribution in [2.24, 2.45) is 0 Å². The molecule has 0 spiro atoms. The van der Waals surface area contributed by atoms with E-state index in [9.17, 15) is 0 Å². The molecule has 2 rings (SSSR count). The Morgan fingerprint density at radius 2 is 2.00 bits per heavy atom. The minimum atomic E-state index is 0.307. The summed E-state index contributed by atoms with van der Waals surface area (Å²) in [6, 6.07) is 11.3. The predicted octanol–water partition coefficient (Wildman–Crippen LogP) is 3.97. The Morgan fingerprint density at radius 1 is 1.22 bits per heavy atom. The van der Waals surface area contributed by atoms with Crippen LogP contribution in [0.4, 0.5) is 11.5 Å². The van der Waals surface area contributed by atoms with Gasteiger partial charge in [0, 0.05) is 5.69 Å². The summed E-state index contributed by atoms with van der Waals surface area (Å²) in [6.45, 7) is 4.06. The average Bonchev–Trinajstić information content (AvgIpc) is 2.32. The Kier molecular flexibility index (Phi) is 3.50. The molecule has 0 radical (unpaired) electrons. The summed E-state index contributed by atoms with van der Waals surface area (Å²) < 4.78 is 0. The predicted molar refractivity (Wildman–Crippen MR) is 73.2 cm³/mol. The summed E-state index contributed by atoms with van der Waals surface area (Å²) in [4.78, 5) is 4.14. The number of benzene rings is 1. The van der Waals surface area contributed by atoms with Crippen LogP contribution >= 0.6 is 11.6 Å². The molecule has 0 saturated carbocycles. The van der Waals surface area contributed by atoms with Crippen molar-refractivity contribution >= 4 is 23.1 Å². The van der Waals surface area contributed by atoms with Crippen molar-refractivity contribution in [3.8, 4) is 6.07 Å². The third kappa shape index (κ3) is 2.79. The van der Waals surface area contributed by atoms with Crippen LogP contribution in [0.2, 0.25) is 5.15 Å². The molecule has 0 fully saturated rings. The Hall–Kier alpha value is -2.05. The van der Waals surface area contributed by atoms with E-state index in [4.69, 9.17) is 16.9 Å². The van der Waals surface area contributed by atoms with E-state index < -0.39 is 0 Å². The van der Waals surface area contributed by atoms with Crippen molar-refractivity contribution in [2.45, 2.75) is 13.8 Å². The van der Waals surface area contributed by atoms with Gasteiger partial charge in [0.2, 0.25) is 0 Å². The maximum absolute atomic E-state index is 8.88. The number of anilines is 2. The molecule has 0 amide bonds. The van der Waals surface area contributed by atoms with Crippen molar-refractivity contribution < 1.29 is 0 Å². The minimum absolute atomic E-state index is 0.307. The summed E-state index contributed by atoms with van der Waals surface area (Å²) in [5.41, 5.74) is 3.77. The fourth-order valence-corrected chi connectivity index (χ4v) is 1.93. The van der Waals surface area contributed by atoms with Crippen molar-refractivity contribution in [1.29, 1.82) is 5.26 Å². The lowest BCUT2D eigenvalue weighted by Gasteiger charge is -2.10. The molecule has 18 heavy (non-hydrogen) atoms. The molecule has 2 aromatic rings. The highest BCUT2D eigenvalue weighted by molar-refractivity contribution is 6.29. The van der Waals surface area contributed by atoms with Crippen molar-refractivity contribution in [3.05, 3.63) is 52.2 Å². The maximum atomic E-state index is 8.88. The quantitative estimate of drug-likeness (QED) is 0.828. The number of rotatable bonds is 2. The van der Waals surface area contributed by atoms with Crippen LogP contribution in [0.5, 0.6) is 0 Å². The average molecular weight is 258 g/mol. The third-order valence-corrected chi connectivity index (χ3v) is 2.76. The molecule has 1 N–H and O–H groups in total. The number of nitrogens with zero attached hydrogens (tertiary/aromatic N) is 2. The van der Waals surface area contributed by atoms with E-state index in [1.54, 1.807) is 6.07 Å². The van der Waals surface area contributed by atoms with Gasteiger partial charge in [-0.1, -0.05) is 29.3 Å². The number of nitrogens with one attached hydrogen (secondary N) is 1. The molecule has 1 heterocycles. The highest BCUT2D eigenvalue weighted by atomic mass is 35.5. The second-order valence-electron chi connectivity index (χ2n) is 4.12. The number of aromatic nitrogens is 1. The van der Waals surface area contributed by atoms with Gasteiger partial charge in [-0.05, 0) is 37.6 Å². The summed E-state index contributed by atoms with van der Waals surface area (Å²) in [5, 5.41) is 12.4. The maximum Gasteiger partial charge on any atom is 0.133 e. The molecular formula is C14H12ClN3. The smallest absolute Gasteiger partial charge is 0.133 e. The molecule has 0 atom stereocenters. The number of pyridine rings is 1. The van der Waals surface area contributed by atoms with Crippen LogP contribution in [-0.2, 0) is 0 Å². The summed E-state index contributed by atoms with van der Waals surface area (Å²) >= 11 is 5.86. The lowest BCUT2D eigenvalue weighted by atomic mass is 10.1. The number of nitriles is 1. The molecule has 0 saturated heterocycles. The van der Waals surface area contributed by atoms with Crippen LogP contribution in [0, 0.1) is 25.2 Å². The Bertz CT molecular complexity index is 629. The van der Waals surface area contributed by atoms with Crippen molar-refractivity contribution in [3.63, 3.8) is 0 Å². The van der Waals surface area contributed by atoms with Crippen LogP contribution in [0.15, 0.2) is 30.3 Å². The zero-order chi connectivity index (χ0) is 13.1. The normalized spacial score (nSPS) is 9.89. The first-order valence-electron chi connectivity index (χ1n) is 5.50. The molecule has 0 bridgehead atoms. The van der Waals surface area contributed by atoms with E-state index in [0.29, 0.717) is 16.5 Å². The molecule has 0 unspecified atom stereocenters. The Labute approximate surface area is 111 Å². The minimum Gasteiger partial charge on any atom is -0.340 e. The van der Waals surface area contributed by atoms with Crippen molar-refractivity contribution in [1.82, 2.24) is 4.98 Å². The summed E-state index contributed by atoms with van der Waals surface area (Å²) in [6.07, 6.45) is 0. The lowest BCUT2D eigenvalue weighted by molar-refractivity contribution is 1.28. The van der Waals surface area contributed by atoms with Gasteiger partial charge in [-0.25, -0.2) is 4.98 Å². The highest BCUT2D eigenvalue weighted by Gasteiger charge is 2.03. The third-order valence-electron chi connectivity index (χ3n) is 2.57. The van der Waals surface area contributed by atoms with Crippen molar-refractivity contribution in [2.75, 3.05) is 5.32 Å². The molecule has 0 aliphatic carbocycles. The zero-order valence-electron chi connectivity index (χ0n) is 10.2. The van der Waals surface area contributed by atoms with E-state index in [-0.39, 0.29) is 0 Å². The summed E-state index contributed by atoms with van der Waals surface area (Å²) in [7, 11) is 0. The molecule has 0 aliphatic rings. The van der Waals surface area contributed by atoms with E-state index in [2.05, 4.69) is 22.4 Å². The molecule has 0 aliphatic heterocycles. The van der Waals surface area contributed by atoms with Gasteiger partial charge in [0.1, 0.15) is 11.0 Å². The van der Waals surface area contributed by atoms with Crippen LogP contribution in [0.25, 0.3) is 0 Å². The lowest BCUT2D eigenvalue weighted by Crippen LogP contribution is -1.97.